The molecule has 13 heteroatoms. The van der Waals surface area contributed by atoms with Gasteiger partial charge in [-0.25, -0.2) is 14.6 Å². The fourth-order valence-electron chi connectivity index (χ4n) is 5.00. The topological polar surface area (TPSA) is 115 Å². The quantitative estimate of drug-likeness (QED) is 0.135. The summed E-state index contributed by atoms with van der Waals surface area (Å²) in [5.74, 6) is 0.235. The van der Waals surface area contributed by atoms with Crippen molar-refractivity contribution < 1.29 is 33.3 Å². The number of allylic oxidation sites excluding steroid dienone is 1. The fourth-order valence-corrected chi connectivity index (χ4v) is 6.87. The maximum absolute atomic E-state index is 14.1. The van der Waals surface area contributed by atoms with Crippen molar-refractivity contribution in [3.05, 3.63) is 117 Å². The number of carbonyl (C=O) groups is 2. The maximum atomic E-state index is 14.1. The zero-order valence-corrected chi connectivity index (χ0v) is 30.3. The average molecular weight is 803 g/mol. The van der Waals surface area contributed by atoms with Crippen molar-refractivity contribution in [3.8, 4) is 17.2 Å². The Balaban J connectivity index is 1.54. The molecule has 3 aromatic carbocycles. The lowest BCUT2D eigenvalue weighted by atomic mass is 9.95. The number of fused-ring (bicyclic) bond motifs is 1. The number of rotatable bonds is 12. The molecule has 0 fully saturated rings. The predicted octanol–water partition coefficient (Wildman–Crippen LogP) is 5.59. The van der Waals surface area contributed by atoms with Crippen LogP contribution in [0.3, 0.4) is 0 Å². The minimum absolute atomic E-state index is 0.148. The first kappa shape index (κ1) is 35.2. The van der Waals surface area contributed by atoms with Crippen molar-refractivity contribution >= 4 is 63.5 Å². The van der Waals surface area contributed by atoms with E-state index >= 15 is 0 Å². The Morgan fingerprint density at radius 3 is 2.42 bits per heavy atom. The summed E-state index contributed by atoms with van der Waals surface area (Å²) < 4.78 is 30.4. The molecule has 0 bridgehead atoms. The molecular weight excluding hydrogens is 771 g/mol. The van der Waals surface area contributed by atoms with Gasteiger partial charge in [0.15, 0.2) is 22.9 Å². The van der Waals surface area contributed by atoms with Gasteiger partial charge in [-0.2, -0.15) is 0 Å². The highest BCUT2D eigenvalue weighted by Crippen LogP contribution is 2.36. The van der Waals surface area contributed by atoms with Crippen LogP contribution < -0.4 is 29.1 Å². The Kier molecular flexibility index (Phi) is 11.6. The summed E-state index contributed by atoms with van der Waals surface area (Å²) in [7, 11) is 1.27. The van der Waals surface area contributed by atoms with Crippen LogP contribution in [0.5, 0.6) is 17.2 Å². The minimum Gasteiger partial charge on any atom is -0.490 e. The number of esters is 2. The summed E-state index contributed by atoms with van der Waals surface area (Å²) in [6.45, 7) is 5.78. The van der Waals surface area contributed by atoms with E-state index in [1.807, 2.05) is 49.4 Å². The number of aromatic nitrogens is 1. The maximum Gasteiger partial charge on any atom is 0.343 e. The molecule has 0 N–H and O–H groups in total. The Morgan fingerprint density at radius 2 is 1.73 bits per heavy atom. The molecule has 0 unspecified atom stereocenters. The Hall–Kier alpha value is -4.14. The van der Waals surface area contributed by atoms with Gasteiger partial charge >= 0.3 is 11.9 Å². The van der Waals surface area contributed by atoms with Crippen molar-refractivity contribution in [2.75, 3.05) is 26.9 Å². The molecule has 0 radical (unpaired) electrons. The summed E-state index contributed by atoms with van der Waals surface area (Å²) in [5.41, 5.74) is 2.71. The summed E-state index contributed by atoms with van der Waals surface area (Å²) >= 11 is 9.42. The van der Waals surface area contributed by atoms with Gasteiger partial charge in [-0.1, -0.05) is 47.2 Å². The number of thiazole rings is 1. The fraction of sp³-hybridized carbons (Fsp3) is 0.257. The molecule has 250 valence electrons. The zero-order chi connectivity index (χ0) is 34.4. The van der Waals surface area contributed by atoms with Crippen LogP contribution in [0.2, 0.25) is 5.02 Å². The van der Waals surface area contributed by atoms with Gasteiger partial charge in [0.1, 0.15) is 12.4 Å². The molecule has 48 heavy (non-hydrogen) atoms. The molecule has 2 heterocycles. The van der Waals surface area contributed by atoms with E-state index in [4.69, 9.17) is 30.5 Å². The van der Waals surface area contributed by atoms with Crippen molar-refractivity contribution in [2.45, 2.75) is 33.4 Å². The highest BCUT2D eigenvalue weighted by Gasteiger charge is 2.34. The standard InChI is InChI=1S/C35H32ClIN2O8S/c1-5-44-28-17-23(10-14-27(28)47-19-30(40)43-4)32-31(34(42)45-6-2)20(3)38-35-39(32)33(41)29(48-35)16-22-9-13-26(25(37)15-22)46-18-21-7-11-24(36)12-8-21/h7-17,32H,5-6,18-19H2,1-4H3/b29-16-/t32-/m0/s1. The third kappa shape index (κ3) is 7.93. The molecule has 4 aromatic rings. The van der Waals surface area contributed by atoms with E-state index in [9.17, 15) is 14.4 Å². The molecule has 0 saturated carbocycles. The van der Waals surface area contributed by atoms with E-state index < -0.39 is 18.0 Å². The monoisotopic (exact) mass is 802 g/mol. The number of nitrogens with zero attached hydrogens (tertiary/aromatic N) is 2. The molecule has 1 atom stereocenters. The smallest absolute Gasteiger partial charge is 0.343 e. The molecule has 1 aliphatic rings. The molecule has 1 aromatic heterocycles. The van der Waals surface area contributed by atoms with Gasteiger partial charge in [0.05, 0.1) is 45.7 Å². The highest BCUT2D eigenvalue weighted by atomic mass is 127. The van der Waals surface area contributed by atoms with Crippen LogP contribution in [-0.4, -0.2) is 43.4 Å². The van der Waals surface area contributed by atoms with E-state index in [1.54, 1.807) is 38.1 Å². The number of carbonyl (C=O) groups excluding carboxylic acids is 2. The second-order valence-corrected chi connectivity index (χ2v) is 13.0. The first-order chi connectivity index (χ1) is 23.1. The van der Waals surface area contributed by atoms with Crippen LogP contribution in [0, 0.1) is 3.57 Å². The van der Waals surface area contributed by atoms with Crippen LogP contribution >= 0.6 is 45.5 Å². The lowest BCUT2D eigenvalue weighted by Crippen LogP contribution is -2.40. The Labute approximate surface area is 299 Å². The number of methoxy groups -OCH3 is 1. The number of hydrogen-bond donors (Lipinski definition) is 0. The van der Waals surface area contributed by atoms with Gasteiger partial charge < -0.3 is 23.7 Å². The number of ether oxygens (including phenoxy) is 5. The number of hydrogen-bond acceptors (Lipinski definition) is 10. The van der Waals surface area contributed by atoms with Crippen LogP contribution in [-0.2, 0) is 25.7 Å². The van der Waals surface area contributed by atoms with Gasteiger partial charge in [0.25, 0.3) is 5.56 Å². The van der Waals surface area contributed by atoms with E-state index in [0.717, 1.165) is 14.7 Å². The molecule has 0 saturated heterocycles. The minimum atomic E-state index is -0.861. The second kappa shape index (κ2) is 15.8. The lowest BCUT2D eigenvalue weighted by Gasteiger charge is -2.25. The molecule has 10 nitrogen and oxygen atoms in total. The highest BCUT2D eigenvalue weighted by molar-refractivity contribution is 14.1. The van der Waals surface area contributed by atoms with Gasteiger partial charge in [-0.3, -0.25) is 9.36 Å². The third-order valence-corrected chi connectivity index (χ3v) is 9.31. The van der Waals surface area contributed by atoms with Gasteiger partial charge in [-0.15, -0.1) is 0 Å². The molecule has 0 spiro atoms. The van der Waals surface area contributed by atoms with Crippen molar-refractivity contribution in [3.63, 3.8) is 0 Å². The Morgan fingerprint density at radius 1 is 0.979 bits per heavy atom. The number of benzene rings is 3. The molecule has 5 rings (SSSR count). The van der Waals surface area contributed by atoms with Crippen LogP contribution in [0.15, 0.2) is 81.7 Å². The molecule has 0 aliphatic carbocycles. The van der Waals surface area contributed by atoms with Crippen LogP contribution in [0.4, 0.5) is 0 Å². The van der Waals surface area contributed by atoms with Crippen molar-refractivity contribution in [2.24, 2.45) is 4.99 Å². The number of halogens is 2. The predicted molar refractivity (Wildman–Crippen MR) is 190 cm³/mol. The SMILES string of the molecule is CCOC(=O)C1=C(C)N=c2s/c(=C\c3ccc(OCc4ccc(Cl)cc4)c(I)c3)c(=O)n2[C@H]1c1ccc(OCC(=O)OC)c(OCC)c1. The van der Waals surface area contributed by atoms with Gasteiger partial charge in [0.2, 0.25) is 0 Å². The van der Waals surface area contributed by atoms with Crippen LogP contribution in [0.25, 0.3) is 6.08 Å². The van der Waals surface area contributed by atoms with E-state index in [-0.39, 0.29) is 24.3 Å². The average Bonchev–Trinajstić information content (AvgIpc) is 3.37. The second-order valence-electron chi connectivity index (χ2n) is 10.4. The first-order valence-corrected chi connectivity index (χ1v) is 17.2. The summed E-state index contributed by atoms with van der Waals surface area (Å²) in [6.07, 6.45) is 1.80. The van der Waals surface area contributed by atoms with Crippen molar-refractivity contribution in [1.29, 1.82) is 0 Å². The molecular formula is C35H32ClIN2O8S. The largest absolute Gasteiger partial charge is 0.490 e. The van der Waals surface area contributed by atoms with E-state index in [0.29, 0.717) is 56.1 Å². The third-order valence-electron chi connectivity index (χ3n) is 7.23. The zero-order valence-electron chi connectivity index (χ0n) is 26.6. The van der Waals surface area contributed by atoms with Gasteiger partial charge in [-0.05, 0) is 103 Å². The molecule has 1 aliphatic heterocycles. The summed E-state index contributed by atoms with van der Waals surface area (Å²) in [4.78, 5) is 44.3. The lowest BCUT2D eigenvalue weighted by molar-refractivity contribution is -0.143. The first-order valence-electron chi connectivity index (χ1n) is 15.0. The van der Waals surface area contributed by atoms with Crippen molar-refractivity contribution in [1.82, 2.24) is 4.57 Å². The molecule has 0 amide bonds. The van der Waals surface area contributed by atoms with E-state index in [1.165, 1.54) is 23.0 Å². The van der Waals surface area contributed by atoms with Gasteiger partial charge in [0, 0.05) is 5.02 Å². The summed E-state index contributed by atoms with van der Waals surface area (Å²) in [5, 5.41) is 0.664. The Bertz CT molecular complexity index is 2060. The summed E-state index contributed by atoms with van der Waals surface area (Å²) in [6, 6.07) is 17.3. The normalized spacial score (nSPS) is 14.2. The van der Waals surface area contributed by atoms with E-state index in [2.05, 4.69) is 32.3 Å². The van der Waals surface area contributed by atoms with Crippen LogP contribution in [0.1, 0.15) is 43.5 Å².